The fraction of sp³-hybridized carbons (Fsp3) is 0.933. The van der Waals surface area contributed by atoms with E-state index in [4.69, 9.17) is 4.74 Å². The molecule has 0 N–H and O–H groups in total. The van der Waals surface area contributed by atoms with Gasteiger partial charge in [0.1, 0.15) is 5.60 Å². The molecule has 17 heavy (non-hydrogen) atoms. The molecule has 0 bridgehead atoms. The van der Waals surface area contributed by atoms with Crippen LogP contribution in [0.2, 0.25) is 0 Å². The van der Waals surface area contributed by atoms with Crippen molar-refractivity contribution >= 4 is 5.78 Å². The minimum absolute atomic E-state index is 0.279. The van der Waals surface area contributed by atoms with Crippen molar-refractivity contribution in [2.75, 3.05) is 6.61 Å². The van der Waals surface area contributed by atoms with E-state index in [9.17, 15) is 4.79 Å². The Morgan fingerprint density at radius 2 is 1.94 bits per heavy atom. The van der Waals surface area contributed by atoms with Gasteiger partial charge in [0.2, 0.25) is 0 Å². The SMILES string of the molecule is CCC1CCC(C(=O)C2(C)CCCCO2)CC1. The van der Waals surface area contributed by atoms with E-state index in [0.717, 1.165) is 44.6 Å². The maximum atomic E-state index is 12.5. The Bertz CT molecular complexity index is 258. The highest BCUT2D eigenvalue weighted by Gasteiger charge is 2.40. The van der Waals surface area contributed by atoms with Gasteiger partial charge in [-0.1, -0.05) is 13.3 Å². The van der Waals surface area contributed by atoms with Crippen molar-refractivity contribution in [1.82, 2.24) is 0 Å². The van der Waals surface area contributed by atoms with Crippen molar-refractivity contribution in [3.63, 3.8) is 0 Å². The van der Waals surface area contributed by atoms with Crippen molar-refractivity contribution < 1.29 is 9.53 Å². The number of rotatable bonds is 3. The topological polar surface area (TPSA) is 26.3 Å². The van der Waals surface area contributed by atoms with Gasteiger partial charge >= 0.3 is 0 Å². The van der Waals surface area contributed by atoms with Crippen molar-refractivity contribution in [3.8, 4) is 0 Å². The Labute approximate surface area is 105 Å². The summed E-state index contributed by atoms with van der Waals surface area (Å²) in [5, 5.41) is 0. The predicted molar refractivity (Wildman–Crippen MR) is 69.0 cm³/mol. The van der Waals surface area contributed by atoms with Crippen molar-refractivity contribution in [2.45, 2.75) is 70.8 Å². The molecule has 98 valence electrons. The zero-order valence-electron chi connectivity index (χ0n) is 11.3. The number of ketones is 1. The third-order valence-electron chi connectivity index (χ3n) is 4.78. The molecule has 0 aromatic carbocycles. The number of hydrogen-bond acceptors (Lipinski definition) is 2. The molecule has 0 spiro atoms. The first kappa shape index (κ1) is 13.1. The fourth-order valence-corrected chi connectivity index (χ4v) is 3.39. The molecule has 2 aliphatic rings. The Morgan fingerprint density at radius 3 is 2.47 bits per heavy atom. The molecule has 1 aliphatic carbocycles. The van der Waals surface area contributed by atoms with Gasteiger partial charge in [0.25, 0.3) is 0 Å². The summed E-state index contributed by atoms with van der Waals surface area (Å²) in [5.41, 5.74) is -0.456. The van der Waals surface area contributed by atoms with Crippen LogP contribution in [0.1, 0.15) is 65.2 Å². The molecule has 1 atom stereocenters. The number of carbonyl (C=O) groups excluding carboxylic acids is 1. The van der Waals surface area contributed by atoms with Crippen LogP contribution in [0.15, 0.2) is 0 Å². The van der Waals surface area contributed by atoms with E-state index in [1.54, 1.807) is 0 Å². The molecule has 1 unspecified atom stereocenters. The van der Waals surface area contributed by atoms with E-state index in [0.29, 0.717) is 5.78 Å². The minimum Gasteiger partial charge on any atom is -0.367 e. The summed E-state index contributed by atoms with van der Waals surface area (Å²) >= 11 is 0. The first-order valence-corrected chi connectivity index (χ1v) is 7.34. The van der Waals surface area contributed by atoms with E-state index in [1.807, 2.05) is 6.92 Å². The normalized spacial score (nSPS) is 38.9. The lowest BCUT2D eigenvalue weighted by Crippen LogP contribution is -2.45. The van der Waals surface area contributed by atoms with Crippen LogP contribution < -0.4 is 0 Å². The van der Waals surface area contributed by atoms with Crippen LogP contribution in [0.5, 0.6) is 0 Å². The van der Waals surface area contributed by atoms with E-state index in [2.05, 4.69) is 6.92 Å². The molecule has 0 amide bonds. The molecule has 1 heterocycles. The van der Waals surface area contributed by atoms with Crippen LogP contribution in [-0.2, 0) is 9.53 Å². The standard InChI is InChI=1S/C15H26O2/c1-3-12-6-8-13(9-7-12)14(16)15(2)10-4-5-11-17-15/h12-13H,3-11H2,1-2H3. The monoisotopic (exact) mass is 238 g/mol. The maximum absolute atomic E-state index is 12.5. The lowest BCUT2D eigenvalue weighted by Gasteiger charge is -2.37. The van der Waals surface area contributed by atoms with Crippen LogP contribution in [0.3, 0.4) is 0 Å². The van der Waals surface area contributed by atoms with Gasteiger partial charge in [0.05, 0.1) is 0 Å². The molecule has 1 saturated heterocycles. The number of ether oxygens (including phenoxy) is 1. The summed E-state index contributed by atoms with van der Waals surface area (Å²) in [6.45, 7) is 5.05. The summed E-state index contributed by atoms with van der Waals surface area (Å²) in [7, 11) is 0. The summed E-state index contributed by atoms with van der Waals surface area (Å²) in [6.07, 6.45) is 9.13. The lowest BCUT2D eigenvalue weighted by molar-refractivity contribution is -0.153. The molecule has 2 rings (SSSR count). The molecule has 1 saturated carbocycles. The van der Waals surface area contributed by atoms with Crippen molar-refractivity contribution in [3.05, 3.63) is 0 Å². The fourth-order valence-electron chi connectivity index (χ4n) is 3.39. The summed E-state index contributed by atoms with van der Waals surface area (Å²) in [4.78, 5) is 12.5. The second-order valence-electron chi connectivity index (χ2n) is 6.03. The quantitative estimate of drug-likeness (QED) is 0.749. The highest BCUT2D eigenvalue weighted by molar-refractivity contribution is 5.89. The van der Waals surface area contributed by atoms with Crippen LogP contribution in [0.25, 0.3) is 0 Å². The van der Waals surface area contributed by atoms with Crippen LogP contribution in [-0.4, -0.2) is 18.0 Å². The van der Waals surface area contributed by atoms with Crippen LogP contribution >= 0.6 is 0 Å². The van der Waals surface area contributed by atoms with Crippen molar-refractivity contribution in [2.24, 2.45) is 11.8 Å². The Hall–Kier alpha value is -0.370. The lowest BCUT2D eigenvalue weighted by atomic mass is 9.74. The van der Waals surface area contributed by atoms with Gasteiger partial charge in [-0.3, -0.25) is 4.79 Å². The second-order valence-corrected chi connectivity index (χ2v) is 6.03. The van der Waals surface area contributed by atoms with Crippen molar-refractivity contribution in [1.29, 1.82) is 0 Å². The Balaban J connectivity index is 1.91. The molecule has 0 radical (unpaired) electrons. The molecule has 2 heteroatoms. The Kier molecular flexibility index (Phi) is 4.24. The largest absolute Gasteiger partial charge is 0.367 e. The third kappa shape index (κ3) is 2.90. The molecular formula is C15H26O2. The van der Waals surface area contributed by atoms with Crippen LogP contribution in [0.4, 0.5) is 0 Å². The van der Waals surface area contributed by atoms with Gasteiger partial charge in [-0.15, -0.1) is 0 Å². The van der Waals surface area contributed by atoms with Gasteiger partial charge in [0.15, 0.2) is 5.78 Å². The highest BCUT2D eigenvalue weighted by Crippen LogP contribution is 2.36. The molecule has 0 aromatic rings. The molecule has 1 aliphatic heterocycles. The molecule has 2 fully saturated rings. The second kappa shape index (κ2) is 5.51. The van der Waals surface area contributed by atoms with Gasteiger partial charge in [-0.2, -0.15) is 0 Å². The average Bonchev–Trinajstić information content (AvgIpc) is 2.39. The Morgan fingerprint density at radius 1 is 1.24 bits per heavy atom. The number of Topliss-reactive ketones (excluding diaryl/α,β-unsaturated/α-hetero) is 1. The molecule has 2 nitrogen and oxygen atoms in total. The average molecular weight is 238 g/mol. The van der Waals surface area contributed by atoms with Gasteiger partial charge in [-0.25, -0.2) is 0 Å². The number of carbonyl (C=O) groups is 1. The summed E-state index contributed by atoms with van der Waals surface area (Å²) in [5.74, 6) is 1.53. The summed E-state index contributed by atoms with van der Waals surface area (Å²) in [6, 6.07) is 0. The first-order chi connectivity index (χ1) is 8.15. The first-order valence-electron chi connectivity index (χ1n) is 7.34. The highest BCUT2D eigenvalue weighted by atomic mass is 16.5. The number of hydrogen-bond donors (Lipinski definition) is 0. The van der Waals surface area contributed by atoms with Crippen LogP contribution in [0, 0.1) is 11.8 Å². The molecule has 0 aromatic heterocycles. The van der Waals surface area contributed by atoms with E-state index in [-0.39, 0.29) is 5.92 Å². The maximum Gasteiger partial charge on any atom is 0.167 e. The van der Waals surface area contributed by atoms with E-state index >= 15 is 0 Å². The van der Waals surface area contributed by atoms with E-state index in [1.165, 1.54) is 19.3 Å². The van der Waals surface area contributed by atoms with Gasteiger partial charge in [0, 0.05) is 12.5 Å². The van der Waals surface area contributed by atoms with E-state index < -0.39 is 5.60 Å². The van der Waals surface area contributed by atoms with Gasteiger partial charge < -0.3 is 4.74 Å². The zero-order valence-corrected chi connectivity index (χ0v) is 11.3. The smallest absolute Gasteiger partial charge is 0.167 e. The minimum atomic E-state index is -0.456. The third-order valence-corrected chi connectivity index (χ3v) is 4.78. The van der Waals surface area contributed by atoms with Gasteiger partial charge in [-0.05, 0) is 57.8 Å². The summed E-state index contributed by atoms with van der Waals surface area (Å²) < 4.78 is 5.78. The predicted octanol–water partition coefficient (Wildman–Crippen LogP) is 3.73. The zero-order chi connectivity index (χ0) is 12.3. The molecular weight excluding hydrogens is 212 g/mol.